The predicted molar refractivity (Wildman–Crippen MR) is 107 cm³/mol. The van der Waals surface area contributed by atoms with Gasteiger partial charge in [0.15, 0.2) is 5.82 Å². The van der Waals surface area contributed by atoms with E-state index in [4.69, 9.17) is 33.7 Å². The zero-order valence-corrected chi connectivity index (χ0v) is 16.1. The maximum atomic E-state index is 6.20. The van der Waals surface area contributed by atoms with Gasteiger partial charge in [-0.15, -0.1) is 0 Å². The Balaban J connectivity index is 1.91. The van der Waals surface area contributed by atoms with Gasteiger partial charge in [0.2, 0.25) is 5.88 Å². The molecule has 1 heterocycles. The summed E-state index contributed by atoms with van der Waals surface area (Å²) in [5.74, 6) is 1.32. The largest absolute Gasteiger partial charge is 0.437 e. The van der Waals surface area contributed by atoms with Gasteiger partial charge in [0.25, 0.3) is 0 Å². The van der Waals surface area contributed by atoms with Gasteiger partial charge in [-0.05, 0) is 61.7 Å². The van der Waals surface area contributed by atoms with Crippen molar-refractivity contribution in [1.29, 1.82) is 0 Å². The Kier molecular flexibility index (Phi) is 5.20. The van der Waals surface area contributed by atoms with Crippen molar-refractivity contribution in [3.05, 3.63) is 63.4 Å². The zero-order valence-electron chi connectivity index (χ0n) is 14.6. The molecule has 0 atom stereocenters. The van der Waals surface area contributed by atoms with Gasteiger partial charge in [0.05, 0.1) is 0 Å². The third-order valence-electron chi connectivity index (χ3n) is 3.99. The summed E-state index contributed by atoms with van der Waals surface area (Å²) in [6.07, 6.45) is 1.39. The third-order valence-corrected chi connectivity index (χ3v) is 5.00. The number of rotatable bonds is 4. The standard InChI is InChI=1S/C19H18Cl2N4O/c1-10-7-13(8-11(2)16(10)21)26-19-17(22)18(23-9-24-19)25-15-6-4-5-14(20)12(15)3/h4-9H,22H2,1-3H3,(H,23,24,25). The summed E-state index contributed by atoms with van der Waals surface area (Å²) in [6.45, 7) is 5.75. The van der Waals surface area contributed by atoms with Crippen molar-refractivity contribution in [2.24, 2.45) is 0 Å². The normalized spacial score (nSPS) is 10.7. The number of hydrogen-bond donors (Lipinski definition) is 2. The Bertz CT molecular complexity index is 953. The van der Waals surface area contributed by atoms with Crippen molar-refractivity contribution < 1.29 is 4.74 Å². The highest BCUT2D eigenvalue weighted by Gasteiger charge is 2.13. The van der Waals surface area contributed by atoms with Crippen molar-refractivity contribution in [3.8, 4) is 11.6 Å². The van der Waals surface area contributed by atoms with E-state index in [9.17, 15) is 0 Å². The molecule has 0 fully saturated rings. The van der Waals surface area contributed by atoms with Crippen LogP contribution in [0.25, 0.3) is 0 Å². The van der Waals surface area contributed by atoms with E-state index in [0.29, 0.717) is 27.3 Å². The average Bonchev–Trinajstić information content (AvgIpc) is 2.60. The molecule has 0 radical (unpaired) electrons. The summed E-state index contributed by atoms with van der Waals surface area (Å²) < 4.78 is 5.86. The number of nitrogens with one attached hydrogen (secondary N) is 1. The van der Waals surface area contributed by atoms with Gasteiger partial charge >= 0.3 is 0 Å². The SMILES string of the molecule is Cc1cc(Oc2ncnc(Nc3cccc(Cl)c3C)c2N)cc(C)c1Cl. The molecular weight excluding hydrogens is 371 g/mol. The number of benzene rings is 2. The van der Waals surface area contributed by atoms with Gasteiger partial charge in [-0.2, -0.15) is 4.98 Å². The molecule has 134 valence electrons. The Morgan fingerprint density at radius 1 is 1.04 bits per heavy atom. The minimum atomic E-state index is 0.267. The van der Waals surface area contributed by atoms with E-state index in [1.54, 1.807) is 0 Å². The number of nitrogens with two attached hydrogens (primary N) is 1. The molecule has 0 aliphatic heterocycles. The highest BCUT2D eigenvalue weighted by atomic mass is 35.5. The van der Waals surface area contributed by atoms with Crippen LogP contribution in [-0.2, 0) is 0 Å². The maximum Gasteiger partial charge on any atom is 0.248 e. The molecule has 2 aromatic carbocycles. The molecule has 0 bridgehead atoms. The van der Waals surface area contributed by atoms with Crippen LogP contribution in [0.15, 0.2) is 36.7 Å². The van der Waals surface area contributed by atoms with Gasteiger partial charge in [-0.3, -0.25) is 0 Å². The fourth-order valence-corrected chi connectivity index (χ4v) is 2.79. The van der Waals surface area contributed by atoms with Crippen LogP contribution in [0.2, 0.25) is 10.0 Å². The fourth-order valence-electron chi connectivity index (χ4n) is 2.51. The monoisotopic (exact) mass is 388 g/mol. The van der Waals surface area contributed by atoms with E-state index in [1.807, 2.05) is 51.1 Å². The first-order chi connectivity index (χ1) is 12.4. The first-order valence-corrected chi connectivity index (χ1v) is 8.69. The van der Waals surface area contributed by atoms with E-state index < -0.39 is 0 Å². The van der Waals surface area contributed by atoms with Gasteiger partial charge in [0, 0.05) is 15.7 Å². The molecule has 0 saturated carbocycles. The average molecular weight is 389 g/mol. The van der Waals surface area contributed by atoms with Crippen molar-refractivity contribution >= 4 is 40.4 Å². The smallest absolute Gasteiger partial charge is 0.248 e. The van der Waals surface area contributed by atoms with E-state index in [2.05, 4.69) is 15.3 Å². The molecule has 0 amide bonds. The molecule has 26 heavy (non-hydrogen) atoms. The van der Waals surface area contributed by atoms with Crippen molar-refractivity contribution in [2.75, 3.05) is 11.1 Å². The molecular formula is C19H18Cl2N4O. The van der Waals surface area contributed by atoms with Crippen LogP contribution in [0.3, 0.4) is 0 Å². The molecule has 0 aliphatic rings. The molecule has 0 unspecified atom stereocenters. The lowest BCUT2D eigenvalue weighted by Crippen LogP contribution is -2.04. The molecule has 1 aromatic heterocycles. The number of halogens is 2. The van der Waals surface area contributed by atoms with Crippen molar-refractivity contribution in [1.82, 2.24) is 9.97 Å². The summed E-state index contributed by atoms with van der Waals surface area (Å²) in [6, 6.07) is 9.25. The third kappa shape index (κ3) is 3.69. The van der Waals surface area contributed by atoms with E-state index in [1.165, 1.54) is 6.33 Å². The van der Waals surface area contributed by atoms with Crippen molar-refractivity contribution in [3.63, 3.8) is 0 Å². The molecule has 3 rings (SSSR count). The minimum Gasteiger partial charge on any atom is -0.437 e. The summed E-state index contributed by atoms with van der Waals surface area (Å²) in [4.78, 5) is 8.34. The Labute approximate surface area is 162 Å². The first-order valence-electron chi connectivity index (χ1n) is 7.94. The Morgan fingerprint density at radius 2 is 1.73 bits per heavy atom. The van der Waals surface area contributed by atoms with E-state index in [0.717, 1.165) is 22.4 Å². The molecule has 5 nitrogen and oxygen atoms in total. The van der Waals surface area contributed by atoms with Gasteiger partial charge in [0.1, 0.15) is 17.8 Å². The topological polar surface area (TPSA) is 73.1 Å². The number of hydrogen-bond acceptors (Lipinski definition) is 5. The van der Waals surface area contributed by atoms with Crippen molar-refractivity contribution in [2.45, 2.75) is 20.8 Å². The molecule has 0 saturated heterocycles. The summed E-state index contributed by atoms with van der Waals surface area (Å²) >= 11 is 12.4. The number of nitrogens with zero attached hydrogens (tertiary/aromatic N) is 2. The molecule has 0 aliphatic carbocycles. The van der Waals surface area contributed by atoms with E-state index >= 15 is 0 Å². The predicted octanol–water partition coefficient (Wildman–Crippen LogP) is 5.83. The second-order valence-corrected chi connectivity index (χ2v) is 6.74. The Hall–Kier alpha value is -2.50. The fraction of sp³-hybridized carbons (Fsp3) is 0.158. The second kappa shape index (κ2) is 7.40. The number of aromatic nitrogens is 2. The summed E-state index contributed by atoms with van der Waals surface area (Å²) in [5, 5.41) is 4.55. The Morgan fingerprint density at radius 3 is 2.42 bits per heavy atom. The van der Waals surface area contributed by atoms with Gasteiger partial charge in [-0.25, -0.2) is 4.98 Å². The second-order valence-electron chi connectivity index (χ2n) is 5.95. The highest BCUT2D eigenvalue weighted by molar-refractivity contribution is 6.32. The summed E-state index contributed by atoms with van der Waals surface area (Å²) in [5.41, 5.74) is 10.1. The number of aryl methyl sites for hydroxylation is 2. The zero-order chi connectivity index (χ0) is 18.8. The minimum absolute atomic E-state index is 0.267. The molecule has 3 N–H and O–H groups in total. The quantitative estimate of drug-likeness (QED) is 0.588. The molecule has 0 spiro atoms. The molecule has 7 heteroatoms. The first kappa shape index (κ1) is 18.3. The highest BCUT2D eigenvalue weighted by Crippen LogP contribution is 2.34. The maximum absolute atomic E-state index is 6.20. The lowest BCUT2D eigenvalue weighted by atomic mass is 10.1. The van der Waals surface area contributed by atoms with Crippen LogP contribution in [0, 0.1) is 20.8 Å². The van der Waals surface area contributed by atoms with Gasteiger partial charge in [-0.1, -0.05) is 29.3 Å². The summed E-state index contributed by atoms with van der Waals surface area (Å²) in [7, 11) is 0. The van der Waals surface area contributed by atoms with Crippen LogP contribution in [-0.4, -0.2) is 9.97 Å². The number of anilines is 3. The van der Waals surface area contributed by atoms with Crippen LogP contribution < -0.4 is 15.8 Å². The lowest BCUT2D eigenvalue weighted by molar-refractivity contribution is 0.464. The number of ether oxygens (including phenoxy) is 1. The van der Waals surface area contributed by atoms with Crippen LogP contribution in [0.1, 0.15) is 16.7 Å². The van der Waals surface area contributed by atoms with Crippen LogP contribution in [0.4, 0.5) is 17.2 Å². The number of nitrogen functional groups attached to an aromatic ring is 1. The van der Waals surface area contributed by atoms with Crippen LogP contribution >= 0.6 is 23.2 Å². The van der Waals surface area contributed by atoms with E-state index in [-0.39, 0.29) is 5.88 Å². The van der Waals surface area contributed by atoms with Crippen LogP contribution in [0.5, 0.6) is 11.6 Å². The molecule has 3 aromatic rings. The lowest BCUT2D eigenvalue weighted by Gasteiger charge is -2.14. The van der Waals surface area contributed by atoms with Gasteiger partial charge < -0.3 is 15.8 Å².